The van der Waals surface area contributed by atoms with Crippen LogP contribution in [0.3, 0.4) is 0 Å². The van der Waals surface area contributed by atoms with Crippen molar-refractivity contribution in [3.05, 3.63) is 81.5 Å². The first-order valence-electron chi connectivity index (χ1n) is 9.90. The first-order chi connectivity index (χ1) is 14.5. The lowest BCUT2D eigenvalue weighted by molar-refractivity contribution is -0.150. The van der Waals surface area contributed by atoms with Crippen molar-refractivity contribution >= 4 is 23.5 Å². The summed E-state index contributed by atoms with van der Waals surface area (Å²) in [5.74, 6) is -3.25. The maximum atomic E-state index is 13.7. The maximum absolute atomic E-state index is 13.7. The topological polar surface area (TPSA) is 46.6 Å². The van der Waals surface area contributed by atoms with Gasteiger partial charge >= 0.3 is 5.97 Å². The van der Waals surface area contributed by atoms with Crippen molar-refractivity contribution in [2.75, 3.05) is 0 Å². The van der Waals surface area contributed by atoms with Crippen LogP contribution >= 0.6 is 11.6 Å². The summed E-state index contributed by atoms with van der Waals surface area (Å²) >= 11 is 6.14. The molecule has 1 aliphatic rings. The summed E-state index contributed by atoms with van der Waals surface area (Å²) in [7, 11) is 0. The monoisotopic (exact) mass is 447 g/mol. The van der Waals surface area contributed by atoms with E-state index in [2.05, 4.69) is 0 Å². The standard InChI is InChI=1S/C24H24ClF2NO3/c1-14-22(23(30)31-24(2,3)4)18(16-6-5-7-17(25)11-16)12-21(29)28(14)13-15-8-9-19(26)20(27)10-15/h5-11,18H,12-13H2,1-4H3/t18-/m1/s1. The van der Waals surface area contributed by atoms with Crippen LogP contribution in [-0.4, -0.2) is 22.4 Å². The fourth-order valence-corrected chi connectivity index (χ4v) is 3.83. The summed E-state index contributed by atoms with van der Waals surface area (Å²) in [6, 6.07) is 10.5. The average Bonchev–Trinajstić information content (AvgIpc) is 2.66. The van der Waals surface area contributed by atoms with Crippen molar-refractivity contribution in [1.82, 2.24) is 4.90 Å². The van der Waals surface area contributed by atoms with Crippen LogP contribution in [0.4, 0.5) is 8.78 Å². The number of benzene rings is 2. The van der Waals surface area contributed by atoms with Crippen LogP contribution in [0, 0.1) is 11.6 Å². The molecular weight excluding hydrogens is 424 g/mol. The molecule has 1 atom stereocenters. The molecule has 31 heavy (non-hydrogen) atoms. The molecular formula is C24H24ClF2NO3. The molecule has 1 amide bonds. The number of amides is 1. The number of carbonyl (C=O) groups is 2. The third-order valence-electron chi connectivity index (χ3n) is 5.02. The Bertz CT molecular complexity index is 1060. The van der Waals surface area contributed by atoms with Gasteiger partial charge in [-0.3, -0.25) is 4.79 Å². The molecule has 0 N–H and O–H groups in total. The number of hydrogen-bond acceptors (Lipinski definition) is 3. The van der Waals surface area contributed by atoms with Crippen LogP contribution in [0.25, 0.3) is 0 Å². The molecule has 2 aromatic rings. The molecule has 4 nitrogen and oxygen atoms in total. The second-order valence-electron chi connectivity index (χ2n) is 8.54. The molecule has 0 saturated carbocycles. The molecule has 0 radical (unpaired) electrons. The molecule has 0 spiro atoms. The van der Waals surface area contributed by atoms with Crippen molar-refractivity contribution in [3.63, 3.8) is 0 Å². The molecule has 3 rings (SSSR count). The number of esters is 1. The van der Waals surface area contributed by atoms with E-state index in [1.165, 1.54) is 11.0 Å². The van der Waals surface area contributed by atoms with Gasteiger partial charge in [-0.05, 0) is 63.1 Å². The SMILES string of the molecule is CC1=C(C(=O)OC(C)(C)C)[C@@H](c2cccc(Cl)c2)CC(=O)N1Cc1ccc(F)c(F)c1. The summed E-state index contributed by atoms with van der Waals surface area (Å²) in [6.45, 7) is 6.97. The Morgan fingerprint density at radius 3 is 2.48 bits per heavy atom. The Hall–Kier alpha value is -2.73. The minimum atomic E-state index is -0.993. The molecule has 7 heteroatoms. The Balaban J connectivity index is 2.06. The molecule has 0 saturated heterocycles. The minimum Gasteiger partial charge on any atom is -0.457 e. The van der Waals surface area contributed by atoms with E-state index in [9.17, 15) is 18.4 Å². The Morgan fingerprint density at radius 1 is 1.16 bits per heavy atom. The second-order valence-corrected chi connectivity index (χ2v) is 8.98. The predicted molar refractivity (Wildman–Crippen MR) is 114 cm³/mol. The van der Waals surface area contributed by atoms with Crippen LogP contribution in [-0.2, 0) is 20.9 Å². The first kappa shape index (κ1) is 22.9. The fourth-order valence-electron chi connectivity index (χ4n) is 3.63. The summed E-state index contributed by atoms with van der Waals surface area (Å²) in [4.78, 5) is 27.6. The molecule has 0 bridgehead atoms. The van der Waals surface area contributed by atoms with Crippen molar-refractivity contribution in [1.29, 1.82) is 0 Å². The highest BCUT2D eigenvalue weighted by Gasteiger charge is 2.38. The van der Waals surface area contributed by atoms with Gasteiger partial charge in [0.05, 0.1) is 12.1 Å². The molecule has 0 aliphatic carbocycles. The lowest BCUT2D eigenvalue weighted by atomic mass is 9.83. The molecule has 164 valence electrons. The highest BCUT2D eigenvalue weighted by molar-refractivity contribution is 6.30. The number of halogens is 3. The molecule has 1 aliphatic heterocycles. The van der Waals surface area contributed by atoms with Crippen LogP contribution in [0.5, 0.6) is 0 Å². The Morgan fingerprint density at radius 2 is 1.87 bits per heavy atom. The lowest BCUT2D eigenvalue weighted by Crippen LogP contribution is -2.39. The van der Waals surface area contributed by atoms with E-state index in [-0.39, 0.29) is 18.9 Å². The van der Waals surface area contributed by atoms with Gasteiger partial charge in [-0.1, -0.05) is 29.8 Å². The third-order valence-corrected chi connectivity index (χ3v) is 5.25. The van der Waals surface area contributed by atoms with E-state index < -0.39 is 29.1 Å². The van der Waals surface area contributed by atoms with Gasteiger partial charge in [0.2, 0.25) is 5.91 Å². The fraction of sp³-hybridized carbons (Fsp3) is 0.333. The van der Waals surface area contributed by atoms with E-state index >= 15 is 0 Å². The predicted octanol–water partition coefficient (Wildman–Crippen LogP) is 5.75. The van der Waals surface area contributed by atoms with Gasteiger partial charge in [0, 0.05) is 23.1 Å². The quantitative estimate of drug-likeness (QED) is 0.560. The van der Waals surface area contributed by atoms with E-state index in [4.69, 9.17) is 16.3 Å². The summed E-state index contributed by atoms with van der Waals surface area (Å²) in [5, 5.41) is 0.496. The highest BCUT2D eigenvalue weighted by atomic mass is 35.5. The Labute approximate surface area is 185 Å². The average molecular weight is 448 g/mol. The first-order valence-corrected chi connectivity index (χ1v) is 10.3. The van der Waals surface area contributed by atoms with E-state index in [1.54, 1.807) is 45.9 Å². The molecule has 1 heterocycles. The van der Waals surface area contributed by atoms with Crippen LogP contribution in [0.1, 0.15) is 51.2 Å². The third kappa shape index (κ3) is 5.31. The highest BCUT2D eigenvalue weighted by Crippen LogP contribution is 2.39. The molecule has 0 unspecified atom stereocenters. The van der Waals surface area contributed by atoms with Crippen molar-refractivity contribution < 1.29 is 23.1 Å². The van der Waals surface area contributed by atoms with E-state index in [0.29, 0.717) is 21.9 Å². The van der Waals surface area contributed by atoms with E-state index in [1.807, 2.05) is 6.07 Å². The number of rotatable bonds is 4. The normalized spacial score (nSPS) is 17.2. The van der Waals surface area contributed by atoms with Gasteiger partial charge in [-0.2, -0.15) is 0 Å². The lowest BCUT2D eigenvalue weighted by Gasteiger charge is -2.35. The van der Waals surface area contributed by atoms with Crippen molar-refractivity contribution in [2.45, 2.75) is 52.2 Å². The van der Waals surface area contributed by atoms with Crippen molar-refractivity contribution in [2.24, 2.45) is 0 Å². The van der Waals surface area contributed by atoms with Gasteiger partial charge in [-0.25, -0.2) is 13.6 Å². The van der Waals surface area contributed by atoms with Gasteiger partial charge in [-0.15, -0.1) is 0 Å². The van der Waals surface area contributed by atoms with E-state index in [0.717, 1.165) is 17.7 Å². The molecule has 2 aromatic carbocycles. The second kappa shape index (κ2) is 8.79. The minimum absolute atomic E-state index is 0.0103. The van der Waals surface area contributed by atoms with Crippen LogP contribution in [0.2, 0.25) is 5.02 Å². The van der Waals surface area contributed by atoms with Crippen molar-refractivity contribution in [3.8, 4) is 0 Å². The number of carbonyl (C=O) groups excluding carboxylic acids is 2. The van der Waals surface area contributed by atoms with Gasteiger partial charge in [0.15, 0.2) is 11.6 Å². The van der Waals surface area contributed by atoms with Crippen LogP contribution < -0.4 is 0 Å². The number of allylic oxidation sites excluding steroid dienone is 1. The number of nitrogens with zero attached hydrogens (tertiary/aromatic N) is 1. The van der Waals surface area contributed by atoms with Gasteiger partial charge in [0.1, 0.15) is 5.60 Å². The summed E-state index contributed by atoms with van der Waals surface area (Å²) in [5.41, 5.74) is 1.18. The largest absolute Gasteiger partial charge is 0.457 e. The zero-order valence-electron chi connectivity index (χ0n) is 17.8. The Kier molecular flexibility index (Phi) is 6.51. The van der Waals surface area contributed by atoms with Gasteiger partial charge < -0.3 is 9.64 Å². The van der Waals surface area contributed by atoms with Gasteiger partial charge in [0.25, 0.3) is 0 Å². The maximum Gasteiger partial charge on any atom is 0.336 e. The molecule has 0 aromatic heterocycles. The number of ether oxygens (including phenoxy) is 1. The molecule has 0 fully saturated rings. The zero-order chi connectivity index (χ0) is 22.9. The number of hydrogen-bond donors (Lipinski definition) is 0. The van der Waals surface area contributed by atoms with Crippen LogP contribution in [0.15, 0.2) is 53.7 Å². The zero-order valence-corrected chi connectivity index (χ0v) is 18.6. The smallest absolute Gasteiger partial charge is 0.336 e. The summed E-state index contributed by atoms with van der Waals surface area (Å²) in [6.07, 6.45) is 0.0237. The summed E-state index contributed by atoms with van der Waals surface area (Å²) < 4.78 is 32.6.